The van der Waals surface area contributed by atoms with Crippen LogP contribution in [0.5, 0.6) is 0 Å². The van der Waals surface area contributed by atoms with E-state index >= 15 is 0 Å². The van der Waals surface area contributed by atoms with Crippen LogP contribution in [0.4, 0.5) is 0 Å². The summed E-state index contributed by atoms with van der Waals surface area (Å²) in [6, 6.07) is 5.73. The Morgan fingerprint density at radius 2 is 2.18 bits per heavy atom. The first kappa shape index (κ1) is 7.95. The number of hydrogen-bond donors (Lipinski definition) is 0. The van der Waals surface area contributed by atoms with Crippen LogP contribution >= 0.6 is 0 Å². The second-order valence-corrected chi connectivity index (χ2v) is 2.07. The zero-order valence-electron chi connectivity index (χ0n) is 6.36. The highest BCUT2D eigenvalue weighted by Gasteiger charge is 1.94. The Morgan fingerprint density at radius 1 is 1.45 bits per heavy atom. The molecule has 58 valence electrons. The molecule has 0 saturated carbocycles. The van der Waals surface area contributed by atoms with Crippen LogP contribution in [0, 0.1) is 0 Å². The predicted molar refractivity (Wildman–Crippen MR) is 45.1 cm³/mol. The number of epoxide rings is 1. The molecule has 2 heterocycles. The third kappa shape index (κ3) is 4.28. The van der Waals surface area contributed by atoms with Gasteiger partial charge in [0.25, 0.3) is 0 Å². The van der Waals surface area contributed by atoms with Gasteiger partial charge in [-0.05, 0) is 18.2 Å². The van der Waals surface area contributed by atoms with Crippen molar-refractivity contribution in [3.05, 3.63) is 36.7 Å². The van der Waals surface area contributed by atoms with Crippen molar-refractivity contribution in [2.45, 2.75) is 0 Å². The van der Waals surface area contributed by atoms with Gasteiger partial charge >= 0.3 is 0 Å². The van der Waals surface area contributed by atoms with Crippen LogP contribution in [0.15, 0.2) is 31.0 Å². The number of aromatic nitrogens is 1. The SMILES string of the molecule is C1CO1.C=Cc1ccccn1. The van der Waals surface area contributed by atoms with Crippen molar-refractivity contribution in [1.29, 1.82) is 0 Å². The molecule has 0 spiro atoms. The van der Waals surface area contributed by atoms with Crippen molar-refractivity contribution in [3.8, 4) is 0 Å². The van der Waals surface area contributed by atoms with Gasteiger partial charge in [0, 0.05) is 6.20 Å². The molecule has 1 aromatic heterocycles. The molecule has 0 unspecified atom stereocenters. The molecule has 1 saturated heterocycles. The van der Waals surface area contributed by atoms with E-state index in [2.05, 4.69) is 16.3 Å². The quantitative estimate of drug-likeness (QED) is 0.568. The third-order valence-electron chi connectivity index (χ3n) is 1.10. The molecule has 0 bridgehead atoms. The van der Waals surface area contributed by atoms with E-state index in [-0.39, 0.29) is 0 Å². The second kappa shape index (κ2) is 4.63. The van der Waals surface area contributed by atoms with Crippen LogP contribution < -0.4 is 0 Å². The van der Waals surface area contributed by atoms with Gasteiger partial charge in [-0.15, -0.1) is 0 Å². The Labute approximate surface area is 66.5 Å². The molecule has 0 aromatic carbocycles. The van der Waals surface area contributed by atoms with E-state index in [0.717, 1.165) is 18.9 Å². The summed E-state index contributed by atoms with van der Waals surface area (Å²) in [5.74, 6) is 0. The van der Waals surface area contributed by atoms with Gasteiger partial charge in [0.1, 0.15) is 0 Å². The lowest BCUT2D eigenvalue weighted by Gasteiger charge is -1.84. The normalized spacial score (nSPS) is 12.7. The molecule has 2 heteroatoms. The lowest BCUT2D eigenvalue weighted by atomic mass is 10.4. The molecule has 2 nitrogen and oxygen atoms in total. The first-order valence-corrected chi connectivity index (χ1v) is 3.54. The number of ether oxygens (including phenoxy) is 1. The molecule has 11 heavy (non-hydrogen) atoms. The van der Waals surface area contributed by atoms with E-state index < -0.39 is 0 Å². The maximum Gasteiger partial charge on any atom is 0.0701 e. The van der Waals surface area contributed by atoms with Gasteiger partial charge in [-0.1, -0.05) is 12.6 Å². The average Bonchev–Trinajstić information content (AvgIpc) is 2.92. The van der Waals surface area contributed by atoms with Gasteiger partial charge in [-0.25, -0.2) is 0 Å². The topological polar surface area (TPSA) is 25.4 Å². The van der Waals surface area contributed by atoms with Crippen molar-refractivity contribution in [1.82, 2.24) is 4.98 Å². The summed E-state index contributed by atoms with van der Waals surface area (Å²) < 4.78 is 4.50. The molecule has 0 radical (unpaired) electrons. The summed E-state index contributed by atoms with van der Waals surface area (Å²) in [6.45, 7) is 5.57. The van der Waals surface area contributed by atoms with Crippen LogP contribution in [0.2, 0.25) is 0 Å². The Balaban J connectivity index is 0.000000167. The molecule has 1 fully saturated rings. The van der Waals surface area contributed by atoms with Gasteiger partial charge in [0.2, 0.25) is 0 Å². The molecule has 0 N–H and O–H groups in total. The Hall–Kier alpha value is -1.15. The summed E-state index contributed by atoms with van der Waals surface area (Å²) >= 11 is 0. The van der Waals surface area contributed by atoms with Crippen molar-refractivity contribution >= 4 is 6.08 Å². The van der Waals surface area contributed by atoms with E-state index in [1.165, 1.54) is 0 Å². The number of rotatable bonds is 1. The fourth-order valence-corrected chi connectivity index (χ4v) is 0.497. The first-order valence-electron chi connectivity index (χ1n) is 3.54. The van der Waals surface area contributed by atoms with Crippen molar-refractivity contribution in [2.75, 3.05) is 13.2 Å². The number of pyridine rings is 1. The summed E-state index contributed by atoms with van der Waals surface area (Å²) in [6.07, 6.45) is 3.47. The van der Waals surface area contributed by atoms with Gasteiger partial charge in [-0.2, -0.15) is 0 Å². The maximum atomic E-state index is 4.50. The minimum Gasteiger partial charge on any atom is -0.377 e. The highest BCUT2D eigenvalue weighted by Crippen LogP contribution is 1.91. The highest BCUT2D eigenvalue weighted by molar-refractivity contribution is 5.40. The van der Waals surface area contributed by atoms with Crippen molar-refractivity contribution < 1.29 is 4.74 Å². The monoisotopic (exact) mass is 149 g/mol. The molecule has 1 aliphatic rings. The minimum atomic E-state index is 0.924. The van der Waals surface area contributed by atoms with Crippen molar-refractivity contribution in [2.24, 2.45) is 0 Å². The molecule has 2 rings (SSSR count). The molecule has 0 atom stereocenters. The second-order valence-electron chi connectivity index (χ2n) is 2.07. The van der Waals surface area contributed by atoms with Crippen LogP contribution in [0.1, 0.15) is 5.69 Å². The molecule has 0 amide bonds. The van der Waals surface area contributed by atoms with Crippen LogP contribution in [0.25, 0.3) is 6.08 Å². The van der Waals surface area contributed by atoms with E-state index in [9.17, 15) is 0 Å². The van der Waals surface area contributed by atoms with Gasteiger partial charge in [-0.3, -0.25) is 4.98 Å². The lowest BCUT2D eigenvalue weighted by molar-refractivity contribution is 0.475. The molecule has 1 aromatic rings. The van der Waals surface area contributed by atoms with E-state index in [0.29, 0.717) is 0 Å². The predicted octanol–water partition coefficient (Wildman–Crippen LogP) is 1.74. The minimum absolute atomic E-state index is 0.924. The van der Waals surface area contributed by atoms with Gasteiger partial charge in [0.15, 0.2) is 0 Å². The summed E-state index contributed by atoms with van der Waals surface area (Å²) in [5, 5.41) is 0. The van der Waals surface area contributed by atoms with E-state index in [4.69, 9.17) is 0 Å². The van der Waals surface area contributed by atoms with Crippen LogP contribution in [-0.4, -0.2) is 18.2 Å². The van der Waals surface area contributed by atoms with Crippen molar-refractivity contribution in [3.63, 3.8) is 0 Å². The number of hydrogen-bond acceptors (Lipinski definition) is 2. The largest absolute Gasteiger partial charge is 0.377 e. The zero-order chi connectivity index (χ0) is 7.94. The van der Waals surface area contributed by atoms with E-state index in [1.54, 1.807) is 12.3 Å². The standard InChI is InChI=1S/C7H7N.C2H4O/c1-2-7-5-3-4-6-8-7;1-2-3-1/h2-6H,1H2;1-2H2. The lowest BCUT2D eigenvalue weighted by Crippen LogP contribution is -1.73. The molecular weight excluding hydrogens is 138 g/mol. The number of nitrogens with zero attached hydrogens (tertiary/aromatic N) is 1. The average molecular weight is 149 g/mol. The molecule has 1 aliphatic heterocycles. The third-order valence-corrected chi connectivity index (χ3v) is 1.10. The Kier molecular flexibility index (Phi) is 3.35. The highest BCUT2D eigenvalue weighted by atomic mass is 16.6. The molecular formula is C9H11NO. The fraction of sp³-hybridized carbons (Fsp3) is 0.222. The molecule has 0 aliphatic carbocycles. The summed E-state index contributed by atoms with van der Waals surface area (Å²) in [5.41, 5.74) is 0.924. The summed E-state index contributed by atoms with van der Waals surface area (Å²) in [7, 11) is 0. The van der Waals surface area contributed by atoms with Crippen LogP contribution in [-0.2, 0) is 4.74 Å². The summed E-state index contributed by atoms with van der Waals surface area (Å²) in [4.78, 5) is 3.98. The van der Waals surface area contributed by atoms with E-state index in [1.807, 2.05) is 18.2 Å². The smallest absolute Gasteiger partial charge is 0.0701 e. The van der Waals surface area contributed by atoms with Crippen LogP contribution in [0.3, 0.4) is 0 Å². The Morgan fingerprint density at radius 3 is 2.45 bits per heavy atom. The Bertz CT molecular complexity index is 203. The zero-order valence-corrected chi connectivity index (χ0v) is 6.36. The fourth-order valence-electron chi connectivity index (χ4n) is 0.497. The van der Waals surface area contributed by atoms with Gasteiger partial charge in [0.05, 0.1) is 18.9 Å². The first-order chi connectivity index (χ1) is 5.43. The van der Waals surface area contributed by atoms with Gasteiger partial charge < -0.3 is 4.74 Å². The maximum absolute atomic E-state index is 4.50.